The summed E-state index contributed by atoms with van der Waals surface area (Å²) < 4.78 is 0. The number of aliphatic hydroxyl groups excluding tert-OH is 1. The second kappa shape index (κ2) is 64.0. The number of amides is 16. The van der Waals surface area contributed by atoms with Crippen molar-refractivity contribution in [3.63, 3.8) is 0 Å². The van der Waals surface area contributed by atoms with E-state index in [1.165, 1.54) is 60.3 Å². The minimum absolute atomic E-state index is 0.00785. The molecule has 0 saturated carbocycles. The minimum Gasteiger partial charge on any atom is -0.481 e. The molecule has 0 radical (unpaired) electrons. The molecule has 28 N–H and O–H groups in total. The van der Waals surface area contributed by atoms with Crippen molar-refractivity contribution in [3.8, 4) is 0 Å². The first kappa shape index (κ1) is 129. The average molecular weight is 2130 g/mol. The zero-order valence-electron chi connectivity index (χ0n) is 88.3. The fraction of sp³-hybridized carbons (Fsp3) is 0.660. The third kappa shape index (κ3) is 45.0. The van der Waals surface area contributed by atoms with Crippen LogP contribution in [0.3, 0.4) is 0 Å². The van der Waals surface area contributed by atoms with Gasteiger partial charge in [-0.25, -0.2) is 0 Å². The zero-order valence-corrected chi connectivity index (χ0v) is 89.1. The van der Waals surface area contributed by atoms with Gasteiger partial charge in [0.1, 0.15) is 36.3 Å². The number of ketones is 7. The summed E-state index contributed by atoms with van der Waals surface area (Å²) in [5.41, 5.74) is 23.3. The van der Waals surface area contributed by atoms with E-state index < -0.39 is 374 Å². The van der Waals surface area contributed by atoms with Gasteiger partial charge in [-0.3, -0.25) is 126 Å². The van der Waals surface area contributed by atoms with Gasteiger partial charge in [0.15, 0.2) is 52.4 Å². The van der Waals surface area contributed by atoms with Gasteiger partial charge in [-0.05, 0) is 135 Å². The number of hydrogen-bond acceptors (Lipinski definition) is 28. The fourth-order valence-electron chi connectivity index (χ4n) is 17.0. The molecule has 0 spiro atoms. The van der Waals surface area contributed by atoms with Crippen molar-refractivity contribution in [1.82, 2.24) is 89.6 Å². The summed E-state index contributed by atoms with van der Waals surface area (Å²) >= 11 is 0.754. The number of guanidine groups is 2. The molecular weight excluding hydrogens is 1970 g/mol. The van der Waals surface area contributed by atoms with Crippen LogP contribution < -0.4 is 103 Å². The smallest absolute Gasteiger partial charge is 0.303 e. The number of nitrogens with two attached hydrogens (primary N) is 4. The Morgan fingerprint density at radius 3 is 1.59 bits per heavy atom. The van der Waals surface area contributed by atoms with E-state index in [0.717, 1.165) is 18.7 Å². The van der Waals surface area contributed by atoms with Crippen LogP contribution in [0.2, 0.25) is 0 Å². The summed E-state index contributed by atoms with van der Waals surface area (Å²) in [6.07, 6.45) is -7.24. The highest BCUT2D eigenvalue weighted by atomic mass is 32.2. The zero-order chi connectivity index (χ0) is 113. The van der Waals surface area contributed by atoms with E-state index in [-0.39, 0.29) is 95.7 Å². The lowest BCUT2D eigenvalue weighted by Crippen LogP contribution is -2.57. The first-order chi connectivity index (χ1) is 70.3. The number of nitrogens with zero attached hydrogens (tertiary/aromatic N) is 1. The molecular formula is C100H157N23O26S. The van der Waals surface area contributed by atoms with E-state index >= 15 is 14.4 Å². The molecule has 0 unspecified atom stereocenters. The van der Waals surface area contributed by atoms with E-state index in [1.807, 2.05) is 0 Å². The predicted octanol–water partition coefficient (Wildman–Crippen LogP) is -2.00. The van der Waals surface area contributed by atoms with Crippen molar-refractivity contribution < 1.29 is 125 Å². The first-order valence-electron chi connectivity index (χ1n) is 51.0. The van der Waals surface area contributed by atoms with Crippen LogP contribution in [-0.4, -0.2) is 295 Å². The maximum atomic E-state index is 15.2. The average Bonchev–Trinajstić information content (AvgIpc) is 1.65. The van der Waals surface area contributed by atoms with E-state index in [1.54, 1.807) is 72.0 Å². The highest BCUT2D eigenvalue weighted by Crippen LogP contribution is 2.29. The lowest BCUT2D eigenvalue weighted by Gasteiger charge is -2.29. The van der Waals surface area contributed by atoms with Crippen LogP contribution in [0.4, 0.5) is 0 Å². The van der Waals surface area contributed by atoms with Crippen LogP contribution in [0.15, 0.2) is 30.5 Å². The number of fused-ring (bicyclic) bond motifs is 2. The first-order valence-corrected chi connectivity index (χ1v) is 52.1. The molecule has 150 heavy (non-hydrogen) atoms. The van der Waals surface area contributed by atoms with Crippen LogP contribution in [0.1, 0.15) is 244 Å². The molecule has 0 aliphatic carbocycles. The normalized spacial score (nSPS) is 25.8. The lowest BCUT2D eigenvalue weighted by atomic mass is 9.85. The van der Waals surface area contributed by atoms with Gasteiger partial charge < -0.3 is 123 Å². The number of carbonyl (C=O) groups excluding carboxylic acids is 23. The third-order valence-corrected chi connectivity index (χ3v) is 27.2. The van der Waals surface area contributed by atoms with Gasteiger partial charge in [0.25, 0.3) is 0 Å². The lowest BCUT2D eigenvalue weighted by molar-refractivity contribution is -0.141. The molecule has 1 aromatic carbocycles. The number of nitrogens with one attached hydrogen (secondary N) is 18. The molecule has 4 rings (SSSR count). The van der Waals surface area contributed by atoms with Gasteiger partial charge in [-0.15, -0.1) is 11.8 Å². The van der Waals surface area contributed by atoms with Gasteiger partial charge in [0, 0.05) is 150 Å². The number of primary amides is 2. The molecule has 21 atom stereocenters. The summed E-state index contributed by atoms with van der Waals surface area (Å²) in [5, 5.41) is 75.8. The SMILES string of the molecule is CC[C@@H](C)[C@@H]1CC(=O)[C@H](C)NC(=O)[C@@H](CC(=O)[C@H](C)NC(C)=O)CNC(=O)CSC[C@@H](C(=O)N[C@@H](C)C(N)=O)NC(=O)[C@H](C)CC(=O)[C@H](C)NC(=O)[C@H](CCCNC(=N)N)NC(=O)[C@@H](C)NC(=O)[C@@H](C)CC(=O)[C@@H](CC(C)C)NC(=O)[C@H](Cc2c[nH]c3ccccc23)NC(=O)[C@H](CCC(N)=O)NC(=O)[C@H](CCCNC(=N)N)CC(=O)[C@H](CC(C)C)NC(=O)[C@@H]([C@@H](C)O)CC(=O)[C@@H]2CCCN2C(=O)CCC(=O)[C@@H](CCC(=O)O)NC1=O. The second-order valence-corrected chi connectivity index (χ2v) is 41.0. The van der Waals surface area contributed by atoms with E-state index in [2.05, 4.69) is 84.7 Å². The van der Waals surface area contributed by atoms with Crippen molar-refractivity contribution in [1.29, 1.82) is 10.8 Å². The van der Waals surface area contributed by atoms with E-state index in [9.17, 15) is 111 Å². The number of H-pyrrole nitrogens is 1. The standard InChI is InChI=1S/C100H157N23O26S/c1-16-51(6)65-43-79(129)56(11)112-92(143)63(42-78(128)54(9)111-60(15)125)46-110-84(134)48-150-47-74(98(149)114-57(12)87(102)138)122-89(140)52(7)38-77(127)55(10)113-95(146)69(25-20-34-108-100(105)106)117-90(141)58(13)115-88(139)53(8)39-80(130)71(36-49(2)3)120-97(148)73(40-62-45-109-67-24-18-17-23-64(62)67)121-96(147)70(27-30-83(101)133)118-91(142)61(22-19-33-107-99(103)104)41-81(131)72(37-50(4)5)119-94(145)66(59(14)124)44-82(132)75-26-21-35-123(75)85(135)31-29-76(126)68(116-93(65)144)28-32-86(136)137/h17-18,23-24,45,49-59,61,63,65-66,68-75,109,124H,16,19-22,25-44,46-48H2,1-15H3,(H2,101,133)(H2,102,138)(H,110,134)(H,111,125)(H,112,143)(H,113,146)(H,114,149)(H,115,139)(H,116,144)(H,117,141)(H,118,142)(H,119,145)(H,120,148)(H,121,147)(H,122,140)(H,136,137)(H4,103,104,107)(H4,105,106,108)/t51-,52-,53+,54+,55+,56+,57+,58-,59-,61-,63+,65+,66-,68-,69+,70+,71-,72+,73+,74+,75+/m1/s1. The summed E-state index contributed by atoms with van der Waals surface area (Å²) in [4.78, 5) is 341. The van der Waals surface area contributed by atoms with Gasteiger partial charge in [-0.2, -0.15) is 0 Å². The molecule has 2 fully saturated rings. The molecule has 2 aromatic rings. The molecule has 50 heteroatoms. The molecule has 0 bridgehead atoms. The summed E-state index contributed by atoms with van der Waals surface area (Å²) in [7, 11) is 0. The van der Waals surface area contributed by atoms with Gasteiger partial charge in [-0.1, -0.05) is 80.0 Å². The Hall–Kier alpha value is -13.7. The summed E-state index contributed by atoms with van der Waals surface area (Å²) in [5.74, 6) is -32.3. The number of para-hydroxylation sites is 1. The van der Waals surface area contributed by atoms with Crippen LogP contribution >= 0.6 is 11.8 Å². The number of carboxylic acids is 1. The molecule has 1 aromatic heterocycles. The van der Waals surface area contributed by atoms with Gasteiger partial charge >= 0.3 is 5.97 Å². The number of carboxylic acid groups (broad SMARTS) is 1. The molecule has 2 saturated heterocycles. The monoisotopic (exact) mass is 2130 g/mol. The van der Waals surface area contributed by atoms with Crippen LogP contribution in [0, 0.1) is 64.1 Å². The Labute approximate surface area is 876 Å². The molecule has 16 amide bonds. The Morgan fingerprint density at radius 1 is 0.513 bits per heavy atom. The van der Waals surface area contributed by atoms with E-state index in [4.69, 9.17) is 33.8 Å². The number of Topliss-reactive ketones (excluding diaryl/α,β-unsaturated/α-hetero) is 7. The maximum absolute atomic E-state index is 15.2. The highest BCUT2D eigenvalue weighted by molar-refractivity contribution is 8.00. The minimum atomic E-state index is -1.71. The summed E-state index contributed by atoms with van der Waals surface area (Å²) in [6, 6.07) is -11.7. The van der Waals surface area contributed by atoms with Gasteiger partial charge in [0.2, 0.25) is 94.5 Å². The Balaban J connectivity index is 1.85. The van der Waals surface area contributed by atoms with Crippen LogP contribution in [0.25, 0.3) is 10.9 Å². The number of rotatable bonds is 30. The molecule has 2 aliphatic rings. The van der Waals surface area contributed by atoms with Crippen molar-refractivity contribution in [3.05, 3.63) is 36.0 Å². The highest BCUT2D eigenvalue weighted by Gasteiger charge is 2.43. The van der Waals surface area contributed by atoms with Crippen LogP contribution in [0.5, 0.6) is 0 Å². The van der Waals surface area contributed by atoms with Crippen LogP contribution in [-0.2, 0) is 121 Å². The van der Waals surface area contributed by atoms with Gasteiger partial charge in [0.05, 0.1) is 66.0 Å². The number of carbonyl (C=O) groups is 24. The number of aromatic amines is 1. The molecule has 2 aliphatic heterocycles. The second-order valence-electron chi connectivity index (χ2n) is 40.0. The topological polar surface area (TPSA) is 801 Å². The Bertz CT molecular complexity index is 5150. The van der Waals surface area contributed by atoms with E-state index in [0.29, 0.717) is 16.5 Å². The number of aromatic nitrogens is 1. The number of hydrogen-bond donors (Lipinski definition) is 24. The fourth-order valence-corrected chi connectivity index (χ4v) is 17.8. The van der Waals surface area contributed by atoms with Crippen molar-refractivity contribution in [2.75, 3.05) is 37.7 Å². The number of thioether (sulfide) groups is 1. The van der Waals surface area contributed by atoms with Crippen molar-refractivity contribution in [2.24, 2.45) is 76.2 Å². The molecule has 49 nitrogen and oxygen atoms in total. The molecule has 834 valence electrons. The Morgan fingerprint density at radius 2 is 1.01 bits per heavy atom. The largest absolute Gasteiger partial charge is 0.481 e. The maximum Gasteiger partial charge on any atom is 0.303 e. The summed E-state index contributed by atoms with van der Waals surface area (Å²) in [6.45, 7) is 21.1. The quantitative estimate of drug-likeness (QED) is 0.0229. The Kier molecular flexibility index (Phi) is 54.8. The molecule has 3 heterocycles. The van der Waals surface area contributed by atoms with Crippen molar-refractivity contribution in [2.45, 2.75) is 330 Å². The number of benzene rings is 1. The number of aliphatic hydroxyl groups is 1. The third-order valence-electron chi connectivity index (χ3n) is 26.2. The van der Waals surface area contributed by atoms with Crippen molar-refractivity contribution >= 4 is 176 Å². The number of aliphatic carboxylic acids is 1. The predicted molar refractivity (Wildman–Crippen MR) is 551 cm³/mol.